The van der Waals surface area contributed by atoms with Crippen molar-refractivity contribution < 1.29 is 0 Å². The maximum absolute atomic E-state index is 4.79. The van der Waals surface area contributed by atoms with E-state index in [1.807, 2.05) is 18.6 Å². The quantitative estimate of drug-likeness (QED) is 0.938. The Balaban J connectivity index is 1.95. The predicted molar refractivity (Wildman–Crippen MR) is 87.0 cm³/mol. The summed E-state index contributed by atoms with van der Waals surface area (Å²) >= 11 is 0. The highest BCUT2D eigenvalue weighted by molar-refractivity contribution is 5.67. The van der Waals surface area contributed by atoms with Crippen LogP contribution in [0.25, 0.3) is 5.65 Å². The average Bonchev–Trinajstić information content (AvgIpc) is 2.94. The summed E-state index contributed by atoms with van der Waals surface area (Å²) in [5, 5.41) is 3.31. The van der Waals surface area contributed by atoms with Crippen LogP contribution in [-0.2, 0) is 0 Å². The third kappa shape index (κ3) is 2.82. The van der Waals surface area contributed by atoms with Crippen LogP contribution in [0.2, 0.25) is 0 Å². The number of hydrogen-bond donors (Lipinski definition) is 1. The number of anilines is 2. The number of aromatic nitrogens is 3. The second kappa shape index (κ2) is 5.92. The third-order valence-corrected chi connectivity index (χ3v) is 4.50. The van der Waals surface area contributed by atoms with Gasteiger partial charge in [-0.2, -0.15) is 0 Å². The van der Waals surface area contributed by atoms with Crippen LogP contribution in [-0.4, -0.2) is 34.0 Å². The van der Waals surface area contributed by atoms with Gasteiger partial charge < -0.3 is 14.6 Å². The van der Waals surface area contributed by atoms with E-state index < -0.39 is 0 Å². The molecular weight excluding hydrogens is 262 g/mol. The molecule has 1 fully saturated rings. The number of rotatable bonds is 4. The Kier molecular flexibility index (Phi) is 3.99. The van der Waals surface area contributed by atoms with Gasteiger partial charge in [0.2, 0.25) is 0 Å². The summed E-state index contributed by atoms with van der Waals surface area (Å²) in [7, 11) is 2.16. The smallest absolute Gasteiger partial charge is 0.180 e. The van der Waals surface area contributed by atoms with Crippen molar-refractivity contribution in [3.63, 3.8) is 0 Å². The van der Waals surface area contributed by atoms with Crippen molar-refractivity contribution in [3.05, 3.63) is 18.6 Å². The molecular formula is C16H25N5. The molecule has 0 amide bonds. The van der Waals surface area contributed by atoms with Crippen molar-refractivity contribution in [2.45, 2.75) is 45.6 Å². The molecule has 0 saturated heterocycles. The van der Waals surface area contributed by atoms with Crippen molar-refractivity contribution in [1.29, 1.82) is 0 Å². The first kappa shape index (κ1) is 14.2. The van der Waals surface area contributed by atoms with Crippen molar-refractivity contribution in [1.82, 2.24) is 14.4 Å². The SMILES string of the molecule is CCNc1cn2ccnc2c(N(C)C2CCCC(C)C2)n1. The maximum Gasteiger partial charge on any atom is 0.180 e. The van der Waals surface area contributed by atoms with Crippen molar-refractivity contribution in [2.75, 3.05) is 23.8 Å². The lowest BCUT2D eigenvalue weighted by molar-refractivity contribution is 0.336. The Hall–Kier alpha value is -1.78. The van der Waals surface area contributed by atoms with Crippen molar-refractivity contribution in [2.24, 2.45) is 5.92 Å². The first-order valence-electron chi connectivity index (χ1n) is 7.99. The summed E-state index contributed by atoms with van der Waals surface area (Å²) in [5.74, 6) is 2.70. The minimum atomic E-state index is 0.568. The first-order valence-corrected chi connectivity index (χ1v) is 7.99. The molecule has 114 valence electrons. The first-order chi connectivity index (χ1) is 10.2. The van der Waals surface area contributed by atoms with Gasteiger partial charge in [0, 0.05) is 32.0 Å². The Bertz CT molecular complexity index is 606. The van der Waals surface area contributed by atoms with Crippen molar-refractivity contribution >= 4 is 17.3 Å². The zero-order valence-electron chi connectivity index (χ0n) is 13.2. The van der Waals surface area contributed by atoms with E-state index in [2.05, 4.69) is 40.5 Å². The van der Waals surface area contributed by atoms with E-state index in [0.29, 0.717) is 6.04 Å². The minimum Gasteiger partial charge on any atom is -0.369 e. The van der Waals surface area contributed by atoms with E-state index >= 15 is 0 Å². The van der Waals surface area contributed by atoms with Crippen LogP contribution in [0.5, 0.6) is 0 Å². The molecule has 0 spiro atoms. The Morgan fingerprint density at radius 3 is 3.05 bits per heavy atom. The monoisotopic (exact) mass is 287 g/mol. The largest absolute Gasteiger partial charge is 0.369 e. The fourth-order valence-electron chi connectivity index (χ4n) is 3.34. The molecule has 5 heteroatoms. The maximum atomic E-state index is 4.79. The fraction of sp³-hybridized carbons (Fsp3) is 0.625. The second-order valence-corrected chi connectivity index (χ2v) is 6.17. The third-order valence-electron chi connectivity index (χ3n) is 4.50. The van der Waals surface area contributed by atoms with Crippen LogP contribution in [0.3, 0.4) is 0 Å². The number of fused-ring (bicyclic) bond motifs is 1. The molecule has 1 saturated carbocycles. The molecule has 2 aromatic rings. The summed E-state index contributed by atoms with van der Waals surface area (Å²) in [6.45, 7) is 5.32. The van der Waals surface area contributed by atoms with Gasteiger partial charge in [-0.25, -0.2) is 9.97 Å². The molecule has 2 aromatic heterocycles. The number of nitrogens with one attached hydrogen (secondary N) is 1. The van der Waals surface area contributed by atoms with Crippen LogP contribution in [0.1, 0.15) is 39.5 Å². The van der Waals surface area contributed by atoms with E-state index in [0.717, 1.165) is 29.7 Å². The molecule has 1 aliphatic rings. The zero-order chi connectivity index (χ0) is 14.8. The van der Waals surface area contributed by atoms with Gasteiger partial charge in [-0.3, -0.25) is 0 Å². The lowest BCUT2D eigenvalue weighted by Crippen LogP contribution is -2.36. The Morgan fingerprint density at radius 1 is 1.43 bits per heavy atom. The number of imidazole rings is 1. The molecule has 5 nitrogen and oxygen atoms in total. The molecule has 1 N–H and O–H groups in total. The van der Waals surface area contributed by atoms with E-state index in [1.54, 1.807) is 0 Å². The van der Waals surface area contributed by atoms with Gasteiger partial charge in [0.1, 0.15) is 5.82 Å². The van der Waals surface area contributed by atoms with E-state index in [1.165, 1.54) is 25.7 Å². The van der Waals surface area contributed by atoms with Gasteiger partial charge >= 0.3 is 0 Å². The summed E-state index contributed by atoms with van der Waals surface area (Å²) < 4.78 is 2.06. The van der Waals surface area contributed by atoms with Gasteiger partial charge in [0.05, 0.1) is 6.20 Å². The van der Waals surface area contributed by atoms with Gasteiger partial charge in [-0.05, 0) is 25.7 Å². The molecule has 0 bridgehead atoms. The zero-order valence-corrected chi connectivity index (χ0v) is 13.2. The molecule has 0 aromatic carbocycles. The second-order valence-electron chi connectivity index (χ2n) is 6.17. The summed E-state index contributed by atoms with van der Waals surface area (Å²) in [4.78, 5) is 11.6. The van der Waals surface area contributed by atoms with Crippen LogP contribution in [0.4, 0.5) is 11.6 Å². The number of nitrogens with zero attached hydrogens (tertiary/aromatic N) is 4. The van der Waals surface area contributed by atoms with Gasteiger partial charge in [-0.15, -0.1) is 0 Å². The highest BCUT2D eigenvalue weighted by Gasteiger charge is 2.25. The van der Waals surface area contributed by atoms with Crippen LogP contribution in [0.15, 0.2) is 18.6 Å². The van der Waals surface area contributed by atoms with Gasteiger partial charge in [0.25, 0.3) is 0 Å². The fourth-order valence-corrected chi connectivity index (χ4v) is 3.34. The minimum absolute atomic E-state index is 0.568. The van der Waals surface area contributed by atoms with Crippen molar-refractivity contribution in [3.8, 4) is 0 Å². The number of hydrogen-bond acceptors (Lipinski definition) is 4. The summed E-state index contributed by atoms with van der Waals surface area (Å²) in [5.41, 5.74) is 0.942. The predicted octanol–water partition coefficient (Wildman–Crippen LogP) is 3.18. The Morgan fingerprint density at radius 2 is 2.29 bits per heavy atom. The highest BCUT2D eigenvalue weighted by atomic mass is 15.2. The Labute approximate surface area is 126 Å². The molecule has 2 heterocycles. The molecule has 0 radical (unpaired) electrons. The highest BCUT2D eigenvalue weighted by Crippen LogP contribution is 2.30. The molecule has 21 heavy (non-hydrogen) atoms. The van der Waals surface area contributed by atoms with Crippen LogP contribution in [0, 0.1) is 5.92 Å². The molecule has 2 unspecified atom stereocenters. The normalized spacial score (nSPS) is 22.4. The molecule has 3 rings (SSSR count). The average molecular weight is 287 g/mol. The molecule has 2 atom stereocenters. The van der Waals surface area contributed by atoms with E-state index in [4.69, 9.17) is 4.98 Å². The van der Waals surface area contributed by atoms with Crippen LogP contribution >= 0.6 is 0 Å². The topological polar surface area (TPSA) is 45.5 Å². The summed E-state index contributed by atoms with van der Waals surface area (Å²) in [6, 6.07) is 0.568. The summed E-state index contributed by atoms with van der Waals surface area (Å²) in [6.07, 6.45) is 11.0. The lowest BCUT2D eigenvalue weighted by atomic mass is 9.86. The van der Waals surface area contributed by atoms with Crippen LogP contribution < -0.4 is 10.2 Å². The standard InChI is InChI=1S/C16H25N5/c1-4-17-14-11-21-9-8-18-15(21)16(19-14)20(3)13-7-5-6-12(2)10-13/h8-9,11-13,17H,4-7,10H2,1-3H3. The van der Waals surface area contributed by atoms with Gasteiger partial charge in [-0.1, -0.05) is 19.8 Å². The molecule has 0 aliphatic heterocycles. The van der Waals surface area contributed by atoms with E-state index in [9.17, 15) is 0 Å². The van der Waals surface area contributed by atoms with Gasteiger partial charge in [0.15, 0.2) is 11.5 Å². The van der Waals surface area contributed by atoms with E-state index in [-0.39, 0.29) is 0 Å². The lowest BCUT2D eigenvalue weighted by Gasteiger charge is -2.35. The molecule has 1 aliphatic carbocycles.